The third-order valence-corrected chi connectivity index (χ3v) is 5.30. The van der Waals surface area contributed by atoms with Crippen molar-refractivity contribution in [2.24, 2.45) is 0 Å². The molecule has 0 radical (unpaired) electrons. The molecule has 0 saturated heterocycles. The number of benzene rings is 1. The van der Waals surface area contributed by atoms with Crippen molar-refractivity contribution in [1.82, 2.24) is 20.1 Å². The number of amides is 1. The molecule has 5 nitrogen and oxygen atoms in total. The van der Waals surface area contributed by atoms with E-state index in [4.69, 9.17) is 11.6 Å². The van der Waals surface area contributed by atoms with E-state index in [1.807, 2.05) is 24.3 Å². The lowest BCUT2D eigenvalue weighted by Crippen LogP contribution is -2.26. The minimum atomic E-state index is 0.0277. The Bertz CT molecular complexity index is 686. The average molecular weight is 365 g/mol. The second-order valence-electron chi connectivity index (χ2n) is 5.89. The van der Waals surface area contributed by atoms with Gasteiger partial charge in [0.05, 0.1) is 12.3 Å². The summed E-state index contributed by atoms with van der Waals surface area (Å²) >= 11 is 7.45. The number of carbonyl (C=O) groups excluding carboxylic acids is 1. The molecule has 2 aromatic rings. The van der Waals surface area contributed by atoms with Crippen molar-refractivity contribution in [1.29, 1.82) is 0 Å². The van der Waals surface area contributed by atoms with Crippen LogP contribution in [0.2, 0.25) is 5.02 Å². The van der Waals surface area contributed by atoms with Crippen LogP contribution in [0.1, 0.15) is 36.5 Å². The lowest BCUT2D eigenvalue weighted by atomic mass is 10.2. The van der Waals surface area contributed by atoms with Gasteiger partial charge in [-0.05, 0) is 30.5 Å². The van der Waals surface area contributed by atoms with E-state index in [0.717, 1.165) is 41.8 Å². The van der Waals surface area contributed by atoms with Gasteiger partial charge in [0.2, 0.25) is 5.91 Å². The zero-order chi connectivity index (χ0) is 16.8. The highest BCUT2D eigenvalue weighted by atomic mass is 35.5. The molecule has 0 aliphatic carbocycles. The molecule has 2 heterocycles. The number of thioether (sulfide) groups is 1. The highest BCUT2D eigenvalue weighted by molar-refractivity contribution is 7.99. The molecule has 0 spiro atoms. The average Bonchev–Trinajstić information content (AvgIpc) is 2.81. The Labute approximate surface area is 151 Å². The summed E-state index contributed by atoms with van der Waals surface area (Å²) in [5.41, 5.74) is 1.17. The zero-order valence-corrected chi connectivity index (χ0v) is 15.1. The Morgan fingerprint density at radius 3 is 2.88 bits per heavy atom. The summed E-state index contributed by atoms with van der Waals surface area (Å²) in [6.45, 7) is 1.41. The topological polar surface area (TPSA) is 59.8 Å². The number of nitrogens with one attached hydrogen (secondary N) is 1. The summed E-state index contributed by atoms with van der Waals surface area (Å²) in [4.78, 5) is 12.0. The molecule has 1 N–H and O–H groups in total. The second kappa shape index (κ2) is 8.53. The molecule has 0 saturated carbocycles. The van der Waals surface area contributed by atoms with Gasteiger partial charge in [-0.1, -0.05) is 30.2 Å². The normalized spacial score (nSPS) is 14.0. The molecule has 24 heavy (non-hydrogen) atoms. The number of hydrogen-bond acceptors (Lipinski definition) is 4. The Kier molecular flexibility index (Phi) is 6.15. The van der Waals surface area contributed by atoms with Crippen molar-refractivity contribution in [3.05, 3.63) is 46.5 Å². The number of fused-ring (bicyclic) bond motifs is 1. The Morgan fingerprint density at radius 1 is 1.21 bits per heavy atom. The first-order valence-corrected chi connectivity index (χ1v) is 9.75. The van der Waals surface area contributed by atoms with Gasteiger partial charge in [0.25, 0.3) is 0 Å². The number of aryl methyl sites for hydroxylation is 1. The van der Waals surface area contributed by atoms with Crippen molar-refractivity contribution in [3.8, 4) is 0 Å². The van der Waals surface area contributed by atoms with Crippen LogP contribution in [0.5, 0.6) is 0 Å². The molecule has 3 rings (SSSR count). The highest BCUT2D eigenvalue weighted by Crippen LogP contribution is 2.16. The zero-order valence-electron chi connectivity index (χ0n) is 13.5. The van der Waals surface area contributed by atoms with Crippen LogP contribution in [0.25, 0.3) is 0 Å². The summed E-state index contributed by atoms with van der Waals surface area (Å²) in [7, 11) is 0. The van der Waals surface area contributed by atoms with Gasteiger partial charge < -0.3 is 9.88 Å². The maximum Gasteiger partial charge on any atom is 0.230 e. The van der Waals surface area contributed by atoms with E-state index in [9.17, 15) is 4.79 Å². The Balaban J connectivity index is 1.43. The van der Waals surface area contributed by atoms with Gasteiger partial charge in [0, 0.05) is 23.7 Å². The lowest BCUT2D eigenvalue weighted by molar-refractivity contribution is -0.118. The van der Waals surface area contributed by atoms with Gasteiger partial charge in [-0.2, -0.15) is 0 Å². The van der Waals surface area contributed by atoms with Crippen molar-refractivity contribution >= 4 is 29.3 Å². The van der Waals surface area contributed by atoms with Gasteiger partial charge in [0.15, 0.2) is 5.82 Å². The van der Waals surface area contributed by atoms with Crippen LogP contribution in [0, 0.1) is 0 Å². The van der Waals surface area contributed by atoms with Gasteiger partial charge in [0.1, 0.15) is 5.82 Å². The first kappa shape index (κ1) is 17.3. The molecule has 1 amide bonds. The summed E-state index contributed by atoms with van der Waals surface area (Å²) in [6.07, 6.45) is 4.54. The van der Waals surface area contributed by atoms with Gasteiger partial charge in [-0.25, -0.2) is 0 Å². The minimum Gasteiger partial charge on any atom is -0.348 e. The molecule has 0 fully saturated rings. The van der Waals surface area contributed by atoms with Crippen LogP contribution in [0.15, 0.2) is 24.3 Å². The summed E-state index contributed by atoms with van der Waals surface area (Å²) in [6, 6.07) is 7.71. The van der Waals surface area contributed by atoms with Crippen molar-refractivity contribution in [2.45, 2.75) is 44.5 Å². The number of aromatic nitrogens is 3. The van der Waals surface area contributed by atoms with E-state index in [-0.39, 0.29) is 5.91 Å². The molecule has 0 bridgehead atoms. The maximum atomic E-state index is 12.0. The van der Waals surface area contributed by atoms with Crippen molar-refractivity contribution in [3.63, 3.8) is 0 Å². The third kappa shape index (κ3) is 4.74. The number of nitrogens with zero attached hydrogens (tertiary/aromatic N) is 3. The predicted octanol–water partition coefficient (Wildman–Crippen LogP) is 3.21. The van der Waals surface area contributed by atoms with Crippen LogP contribution < -0.4 is 5.32 Å². The Hall–Kier alpha value is -1.53. The fourth-order valence-corrected chi connectivity index (χ4v) is 3.69. The van der Waals surface area contributed by atoms with Crippen LogP contribution in [-0.2, 0) is 30.1 Å². The molecular weight excluding hydrogens is 344 g/mol. The molecule has 1 aromatic carbocycles. The van der Waals surface area contributed by atoms with Gasteiger partial charge in [-0.15, -0.1) is 22.0 Å². The molecule has 0 unspecified atom stereocenters. The Morgan fingerprint density at radius 2 is 2.04 bits per heavy atom. The quantitative estimate of drug-likeness (QED) is 0.855. The molecule has 1 aliphatic rings. The largest absolute Gasteiger partial charge is 0.348 e. The van der Waals surface area contributed by atoms with Crippen LogP contribution in [0.3, 0.4) is 0 Å². The fraction of sp³-hybridized carbons (Fsp3) is 0.471. The SMILES string of the molecule is O=C(CSCc1ccc(Cl)cc1)NCc1nnc2n1CCCCC2. The minimum absolute atomic E-state index is 0.0277. The predicted molar refractivity (Wildman–Crippen MR) is 97.0 cm³/mol. The number of hydrogen-bond donors (Lipinski definition) is 1. The smallest absolute Gasteiger partial charge is 0.230 e. The number of carbonyl (C=O) groups is 1. The van der Waals surface area contributed by atoms with E-state index in [1.54, 1.807) is 11.8 Å². The van der Waals surface area contributed by atoms with Gasteiger partial charge in [-0.3, -0.25) is 4.79 Å². The fourth-order valence-electron chi connectivity index (χ4n) is 2.75. The summed E-state index contributed by atoms with van der Waals surface area (Å²) in [5.74, 6) is 3.17. The second-order valence-corrected chi connectivity index (χ2v) is 7.31. The maximum absolute atomic E-state index is 12.0. The highest BCUT2D eigenvalue weighted by Gasteiger charge is 2.15. The number of rotatable bonds is 6. The van der Waals surface area contributed by atoms with E-state index in [0.29, 0.717) is 12.3 Å². The summed E-state index contributed by atoms with van der Waals surface area (Å²) < 4.78 is 2.16. The van der Waals surface area contributed by atoms with E-state index in [1.165, 1.54) is 18.4 Å². The first-order chi connectivity index (χ1) is 11.7. The molecule has 1 aliphatic heterocycles. The van der Waals surface area contributed by atoms with Crippen molar-refractivity contribution in [2.75, 3.05) is 5.75 Å². The van der Waals surface area contributed by atoms with E-state index < -0.39 is 0 Å². The monoisotopic (exact) mass is 364 g/mol. The molecule has 128 valence electrons. The number of halogens is 1. The van der Waals surface area contributed by atoms with E-state index >= 15 is 0 Å². The standard InChI is InChI=1S/C17H21ClN4OS/c18-14-7-5-13(6-8-14)11-24-12-17(23)19-10-16-21-20-15-4-2-1-3-9-22(15)16/h5-8H,1-4,9-12H2,(H,19,23). The first-order valence-electron chi connectivity index (χ1n) is 8.22. The van der Waals surface area contributed by atoms with E-state index in [2.05, 4.69) is 20.1 Å². The molecule has 7 heteroatoms. The van der Waals surface area contributed by atoms with Crippen LogP contribution in [-0.4, -0.2) is 26.4 Å². The van der Waals surface area contributed by atoms with Crippen molar-refractivity contribution < 1.29 is 4.79 Å². The van der Waals surface area contributed by atoms with Crippen LogP contribution in [0.4, 0.5) is 0 Å². The molecule has 1 aromatic heterocycles. The third-order valence-electron chi connectivity index (χ3n) is 4.04. The lowest BCUT2D eigenvalue weighted by Gasteiger charge is -2.08. The van der Waals surface area contributed by atoms with Gasteiger partial charge >= 0.3 is 0 Å². The van der Waals surface area contributed by atoms with Crippen LogP contribution >= 0.6 is 23.4 Å². The summed E-state index contributed by atoms with van der Waals surface area (Å²) in [5, 5.41) is 12.2. The molecule has 0 atom stereocenters. The molecular formula is C17H21ClN4OS.